The fourth-order valence-corrected chi connectivity index (χ4v) is 3.17. The zero-order valence-electron chi connectivity index (χ0n) is 14.2. The molecule has 128 valence electrons. The third-order valence-electron chi connectivity index (χ3n) is 4.15. The minimum absolute atomic E-state index is 0.182. The van der Waals surface area contributed by atoms with Gasteiger partial charge in [-0.3, -0.25) is 4.79 Å². The molecule has 1 saturated carbocycles. The maximum absolute atomic E-state index is 12.2. The van der Waals surface area contributed by atoms with Crippen LogP contribution in [0, 0.1) is 20.8 Å². The van der Waals surface area contributed by atoms with Crippen molar-refractivity contribution >= 4 is 12.1 Å². The van der Waals surface area contributed by atoms with Crippen LogP contribution in [0.1, 0.15) is 54.4 Å². The highest BCUT2D eigenvalue weighted by molar-refractivity contribution is 5.79. The maximum Gasteiger partial charge on any atom is 0.503 e. The molecule has 1 fully saturated rings. The van der Waals surface area contributed by atoms with Crippen LogP contribution in [-0.2, 0) is 11.2 Å². The molecule has 0 aromatic heterocycles. The van der Waals surface area contributed by atoms with E-state index in [1.54, 1.807) is 0 Å². The molecule has 1 amide bonds. The first kappa shape index (κ1) is 19.0. The Bertz CT molecular complexity index is 521. The third-order valence-corrected chi connectivity index (χ3v) is 4.15. The molecule has 0 bridgehead atoms. The van der Waals surface area contributed by atoms with Gasteiger partial charge in [-0.1, -0.05) is 37.0 Å². The van der Waals surface area contributed by atoms with Gasteiger partial charge in [0, 0.05) is 6.04 Å². The van der Waals surface area contributed by atoms with Crippen LogP contribution >= 0.6 is 0 Å². The van der Waals surface area contributed by atoms with Gasteiger partial charge in [0.05, 0.1) is 6.42 Å². The fraction of sp³-hybridized carbons (Fsp3) is 0.556. The Morgan fingerprint density at radius 3 is 2.00 bits per heavy atom. The van der Waals surface area contributed by atoms with Crippen molar-refractivity contribution in [2.24, 2.45) is 0 Å². The lowest BCUT2D eigenvalue weighted by atomic mass is 9.94. The van der Waals surface area contributed by atoms with E-state index >= 15 is 0 Å². The van der Waals surface area contributed by atoms with Gasteiger partial charge in [-0.05, 0) is 50.3 Å². The van der Waals surface area contributed by atoms with E-state index in [1.807, 2.05) is 0 Å². The number of carboxylic acid groups (broad SMARTS) is 2. The summed E-state index contributed by atoms with van der Waals surface area (Å²) in [5, 5.41) is 17.1. The SMILES string of the molecule is Cc1cc(C)c(CC(=O)NC2CCCCC2)c(C)c1.O=C(O)O. The summed E-state index contributed by atoms with van der Waals surface area (Å²) in [6.07, 6.45) is 4.83. The Morgan fingerprint density at radius 2 is 1.52 bits per heavy atom. The van der Waals surface area contributed by atoms with Gasteiger partial charge in [0.25, 0.3) is 0 Å². The largest absolute Gasteiger partial charge is 0.503 e. The van der Waals surface area contributed by atoms with Crippen molar-refractivity contribution in [3.05, 3.63) is 34.4 Å². The molecule has 3 N–H and O–H groups in total. The van der Waals surface area contributed by atoms with Crippen molar-refractivity contribution in [2.75, 3.05) is 0 Å². The van der Waals surface area contributed by atoms with Crippen LogP contribution < -0.4 is 5.32 Å². The zero-order valence-corrected chi connectivity index (χ0v) is 14.2. The lowest BCUT2D eigenvalue weighted by Gasteiger charge is -2.23. The number of carbonyl (C=O) groups is 2. The molecule has 0 spiro atoms. The first-order valence-electron chi connectivity index (χ1n) is 8.07. The van der Waals surface area contributed by atoms with Crippen LogP contribution in [0.5, 0.6) is 0 Å². The second kappa shape index (κ2) is 9.18. The number of nitrogens with one attached hydrogen (secondary N) is 1. The van der Waals surface area contributed by atoms with Crippen LogP contribution in [0.25, 0.3) is 0 Å². The molecule has 0 heterocycles. The number of carbonyl (C=O) groups excluding carboxylic acids is 1. The summed E-state index contributed by atoms with van der Waals surface area (Å²) in [5.74, 6) is 0.182. The van der Waals surface area contributed by atoms with Crippen molar-refractivity contribution in [3.63, 3.8) is 0 Å². The zero-order chi connectivity index (χ0) is 17.4. The topological polar surface area (TPSA) is 86.6 Å². The van der Waals surface area contributed by atoms with Gasteiger partial charge < -0.3 is 15.5 Å². The minimum Gasteiger partial charge on any atom is -0.450 e. The molecule has 2 rings (SSSR count). The molecular weight excluding hydrogens is 294 g/mol. The van der Waals surface area contributed by atoms with E-state index < -0.39 is 6.16 Å². The summed E-state index contributed by atoms with van der Waals surface area (Å²) in [6, 6.07) is 4.74. The van der Waals surface area contributed by atoms with E-state index in [-0.39, 0.29) is 5.91 Å². The molecular formula is C18H27NO4. The molecule has 1 aliphatic carbocycles. The van der Waals surface area contributed by atoms with Gasteiger partial charge in [-0.2, -0.15) is 0 Å². The molecule has 0 radical (unpaired) electrons. The van der Waals surface area contributed by atoms with Crippen molar-refractivity contribution in [2.45, 2.75) is 65.3 Å². The van der Waals surface area contributed by atoms with Gasteiger partial charge in [0.15, 0.2) is 0 Å². The Labute approximate surface area is 137 Å². The molecule has 0 atom stereocenters. The van der Waals surface area contributed by atoms with E-state index in [0.717, 1.165) is 12.8 Å². The lowest BCUT2D eigenvalue weighted by Crippen LogP contribution is -2.37. The maximum atomic E-state index is 12.2. The second-order valence-corrected chi connectivity index (χ2v) is 6.24. The van der Waals surface area contributed by atoms with E-state index in [0.29, 0.717) is 12.5 Å². The third kappa shape index (κ3) is 7.17. The van der Waals surface area contributed by atoms with Crippen LogP contribution in [0.15, 0.2) is 12.1 Å². The molecule has 1 aromatic rings. The summed E-state index contributed by atoms with van der Waals surface area (Å²) in [5.41, 5.74) is 4.93. The Morgan fingerprint density at radius 1 is 1.04 bits per heavy atom. The number of hydrogen-bond acceptors (Lipinski definition) is 2. The number of benzene rings is 1. The predicted molar refractivity (Wildman–Crippen MR) is 90.0 cm³/mol. The summed E-state index contributed by atoms with van der Waals surface area (Å²) in [6.45, 7) is 6.30. The highest BCUT2D eigenvalue weighted by Crippen LogP contribution is 2.19. The number of rotatable bonds is 3. The minimum atomic E-state index is -1.83. The average Bonchev–Trinajstić information content (AvgIpc) is 2.43. The standard InChI is InChI=1S/C17H25NO.CH2O3/c1-12-9-13(2)16(14(3)10-12)11-17(19)18-15-7-5-4-6-8-15;2-1(3)4/h9-10,15H,4-8,11H2,1-3H3,(H,18,19);(H2,2,3,4). The van der Waals surface area contributed by atoms with Gasteiger partial charge in [0.1, 0.15) is 0 Å². The molecule has 0 aliphatic heterocycles. The molecule has 1 aromatic carbocycles. The number of amides is 1. The number of hydrogen-bond donors (Lipinski definition) is 3. The van der Waals surface area contributed by atoms with Crippen molar-refractivity contribution < 1.29 is 19.8 Å². The van der Waals surface area contributed by atoms with Gasteiger partial charge in [-0.25, -0.2) is 4.79 Å². The molecule has 0 saturated heterocycles. The number of aryl methyl sites for hydroxylation is 3. The molecule has 23 heavy (non-hydrogen) atoms. The summed E-state index contributed by atoms with van der Waals surface area (Å²) < 4.78 is 0. The van der Waals surface area contributed by atoms with E-state index in [1.165, 1.54) is 41.5 Å². The van der Waals surface area contributed by atoms with Crippen molar-refractivity contribution in [3.8, 4) is 0 Å². The normalized spacial score (nSPS) is 14.6. The van der Waals surface area contributed by atoms with Gasteiger partial charge in [0.2, 0.25) is 5.91 Å². The van der Waals surface area contributed by atoms with Crippen LogP contribution in [-0.4, -0.2) is 28.3 Å². The first-order valence-corrected chi connectivity index (χ1v) is 8.07. The van der Waals surface area contributed by atoms with E-state index in [2.05, 4.69) is 38.2 Å². The molecule has 5 nitrogen and oxygen atoms in total. The summed E-state index contributed by atoms with van der Waals surface area (Å²) >= 11 is 0. The highest BCUT2D eigenvalue weighted by atomic mass is 16.6. The smallest absolute Gasteiger partial charge is 0.450 e. The monoisotopic (exact) mass is 321 g/mol. The second-order valence-electron chi connectivity index (χ2n) is 6.24. The molecule has 5 heteroatoms. The van der Waals surface area contributed by atoms with E-state index in [9.17, 15) is 4.79 Å². The van der Waals surface area contributed by atoms with Gasteiger partial charge >= 0.3 is 6.16 Å². The fourth-order valence-electron chi connectivity index (χ4n) is 3.17. The van der Waals surface area contributed by atoms with Crippen LogP contribution in [0.2, 0.25) is 0 Å². The average molecular weight is 321 g/mol. The Balaban J connectivity index is 0.000000593. The van der Waals surface area contributed by atoms with Crippen LogP contribution in [0.4, 0.5) is 4.79 Å². The Kier molecular flexibility index (Phi) is 7.59. The lowest BCUT2D eigenvalue weighted by molar-refractivity contribution is -0.121. The Hall–Kier alpha value is -2.04. The molecule has 1 aliphatic rings. The quantitative estimate of drug-likeness (QED) is 0.789. The predicted octanol–water partition coefficient (Wildman–Crippen LogP) is 3.83. The molecule has 0 unspecified atom stereocenters. The highest BCUT2D eigenvalue weighted by Gasteiger charge is 2.16. The van der Waals surface area contributed by atoms with Gasteiger partial charge in [-0.15, -0.1) is 0 Å². The van der Waals surface area contributed by atoms with Crippen molar-refractivity contribution in [1.29, 1.82) is 0 Å². The first-order chi connectivity index (χ1) is 10.8. The summed E-state index contributed by atoms with van der Waals surface area (Å²) in [7, 11) is 0. The summed E-state index contributed by atoms with van der Waals surface area (Å²) in [4.78, 5) is 20.7. The van der Waals surface area contributed by atoms with Crippen LogP contribution in [0.3, 0.4) is 0 Å². The van der Waals surface area contributed by atoms with E-state index in [4.69, 9.17) is 15.0 Å². The van der Waals surface area contributed by atoms with Crippen molar-refractivity contribution in [1.82, 2.24) is 5.32 Å².